The molecule has 0 aromatic heterocycles. The Balaban J connectivity index is 1.61. The van der Waals surface area contributed by atoms with Gasteiger partial charge in [0.15, 0.2) is 0 Å². The standard InChI is InChI=1S/C17H25NO/c1-13(2)18(11-14-7-4-3-5-8-14)12-15-9-6-10-16-17(15)19-16/h3-5,7-8,13,15-17H,6,9-12H2,1-2H3/t15-,16+,17-/m0/s1. The summed E-state index contributed by atoms with van der Waals surface area (Å²) < 4.78 is 5.79. The number of fused-ring (bicyclic) bond motifs is 1. The molecule has 1 aliphatic heterocycles. The molecule has 2 fully saturated rings. The molecule has 0 amide bonds. The van der Waals surface area contributed by atoms with Gasteiger partial charge in [-0.05, 0) is 32.3 Å². The molecule has 0 radical (unpaired) electrons. The van der Waals surface area contributed by atoms with Crippen LogP contribution in [-0.4, -0.2) is 29.7 Å². The topological polar surface area (TPSA) is 15.8 Å². The van der Waals surface area contributed by atoms with Crippen LogP contribution in [0.25, 0.3) is 0 Å². The summed E-state index contributed by atoms with van der Waals surface area (Å²) in [5.74, 6) is 0.755. The van der Waals surface area contributed by atoms with Crippen molar-refractivity contribution in [1.82, 2.24) is 4.90 Å². The Bertz CT molecular complexity index is 403. The van der Waals surface area contributed by atoms with Gasteiger partial charge in [-0.25, -0.2) is 0 Å². The van der Waals surface area contributed by atoms with Crippen molar-refractivity contribution in [3.8, 4) is 0 Å². The van der Waals surface area contributed by atoms with Gasteiger partial charge >= 0.3 is 0 Å². The lowest BCUT2D eigenvalue weighted by Crippen LogP contribution is -2.37. The van der Waals surface area contributed by atoms with Crippen LogP contribution in [0.1, 0.15) is 38.7 Å². The zero-order valence-electron chi connectivity index (χ0n) is 12.1. The van der Waals surface area contributed by atoms with Gasteiger partial charge in [0, 0.05) is 25.0 Å². The van der Waals surface area contributed by atoms with Crippen LogP contribution in [0.15, 0.2) is 30.3 Å². The van der Waals surface area contributed by atoms with E-state index in [-0.39, 0.29) is 0 Å². The molecule has 2 nitrogen and oxygen atoms in total. The molecule has 104 valence electrons. The van der Waals surface area contributed by atoms with Crippen molar-refractivity contribution in [2.45, 2.75) is 57.9 Å². The fourth-order valence-corrected chi connectivity index (χ4v) is 3.32. The van der Waals surface area contributed by atoms with Crippen LogP contribution in [-0.2, 0) is 11.3 Å². The lowest BCUT2D eigenvalue weighted by atomic mass is 9.88. The molecule has 2 heteroatoms. The minimum Gasteiger partial charge on any atom is -0.369 e. The SMILES string of the molecule is CC(C)N(Cc1ccccc1)C[C@@H]1CCC[C@H]2O[C@@H]12. The van der Waals surface area contributed by atoms with Crippen molar-refractivity contribution in [2.75, 3.05) is 6.54 Å². The molecule has 1 aromatic carbocycles. The zero-order chi connectivity index (χ0) is 13.2. The van der Waals surface area contributed by atoms with Gasteiger partial charge in [-0.2, -0.15) is 0 Å². The second kappa shape index (κ2) is 5.64. The number of rotatable bonds is 5. The van der Waals surface area contributed by atoms with E-state index < -0.39 is 0 Å². The number of ether oxygens (including phenoxy) is 1. The van der Waals surface area contributed by atoms with Gasteiger partial charge in [0.05, 0.1) is 12.2 Å². The summed E-state index contributed by atoms with van der Waals surface area (Å²) in [6, 6.07) is 11.4. The van der Waals surface area contributed by atoms with Gasteiger partial charge in [0.1, 0.15) is 0 Å². The van der Waals surface area contributed by atoms with Gasteiger partial charge in [-0.15, -0.1) is 0 Å². The average Bonchev–Trinajstić information content (AvgIpc) is 3.19. The summed E-state index contributed by atoms with van der Waals surface area (Å²) in [6.45, 7) is 6.86. The van der Waals surface area contributed by atoms with E-state index in [2.05, 4.69) is 49.1 Å². The highest BCUT2D eigenvalue weighted by atomic mass is 16.6. The van der Waals surface area contributed by atoms with Crippen LogP contribution in [0, 0.1) is 5.92 Å². The quantitative estimate of drug-likeness (QED) is 0.753. The van der Waals surface area contributed by atoms with Crippen molar-refractivity contribution < 1.29 is 4.74 Å². The Kier molecular flexibility index (Phi) is 3.90. The first-order valence-corrected chi connectivity index (χ1v) is 7.67. The number of benzene rings is 1. The number of hydrogen-bond acceptors (Lipinski definition) is 2. The maximum atomic E-state index is 5.79. The van der Waals surface area contributed by atoms with E-state index in [0.29, 0.717) is 18.2 Å². The Morgan fingerprint density at radius 3 is 2.74 bits per heavy atom. The first-order chi connectivity index (χ1) is 9.24. The molecule has 0 bridgehead atoms. The Morgan fingerprint density at radius 1 is 1.21 bits per heavy atom. The average molecular weight is 259 g/mol. The summed E-state index contributed by atoms with van der Waals surface area (Å²) in [7, 11) is 0. The molecule has 1 saturated heterocycles. The highest BCUT2D eigenvalue weighted by Crippen LogP contribution is 2.41. The molecule has 1 aromatic rings. The summed E-state index contributed by atoms with van der Waals surface area (Å²) in [6.07, 6.45) is 5.17. The van der Waals surface area contributed by atoms with Crippen LogP contribution >= 0.6 is 0 Å². The highest BCUT2D eigenvalue weighted by molar-refractivity contribution is 5.14. The van der Waals surface area contributed by atoms with Crippen LogP contribution in [0.2, 0.25) is 0 Å². The second-order valence-electron chi connectivity index (χ2n) is 6.34. The van der Waals surface area contributed by atoms with E-state index in [1.54, 1.807) is 0 Å². The van der Waals surface area contributed by atoms with Crippen LogP contribution < -0.4 is 0 Å². The molecule has 0 unspecified atom stereocenters. The molecule has 3 atom stereocenters. The van der Waals surface area contributed by atoms with Crippen LogP contribution in [0.3, 0.4) is 0 Å². The summed E-state index contributed by atoms with van der Waals surface area (Å²) in [5, 5.41) is 0. The third-order valence-corrected chi connectivity index (χ3v) is 4.58. The number of hydrogen-bond donors (Lipinski definition) is 0. The van der Waals surface area contributed by atoms with E-state index >= 15 is 0 Å². The van der Waals surface area contributed by atoms with E-state index in [4.69, 9.17) is 4.74 Å². The van der Waals surface area contributed by atoms with Crippen LogP contribution in [0.4, 0.5) is 0 Å². The third kappa shape index (κ3) is 3.18. The molecule has 0 spiro atoms. The zero-order valence-corrected chi connectivity index (χ0v) is 12.1. The lowest BCUT2D eigenvalue weighted by molar-refractivity contribution is 0.155. The Labute approximate surface area is 116 Å². The van der Waals surface area contributed by atoms with Crippen molar-refractivity contribution in [3.63, 3.8) is 0 Å². The van der Waals surface area contributed by atoms with E-state index in [9.17, 15) is 0 Å². The number of epoxide rings is 1. The third-order valence-electron chi connectivity index (χ3n) is 4.58. The summed E-state index contributed by atoms with van der Waals surface area (Å²) >= 11 is 0. The first-order valence-electron chi connectivity index (χ1n) is 7.67. The maximum absolute atomic E-state index is 5.79. The van der Waals surface area contributed by atoms with Crippen molar-refractivity contribution >= 4 is 0 Å². The predicted molar refractivity (Wildman–Crippen MR) is 78.0 cm³/mol. The molecular weight excluding hydrogens is 234 g/mol. The molecule has 0 N–H and O–H groups in total. The Hall–Kier alpha value is -0.860. The van der Waals surface area contributed by atoms with Crippen molar-refractivity contribution in [2.24, 2.45) is 5.92 Å². The molecular formula is C17H25NO. The predicted octanol–water partition coefficient (Wildman–Crippen LogP) is 3.46. The fraction of sp³-hybridized carbons (Fsp3) is 0.647. The molecule has 1 heterocycles. The van der Waals surface area contributed by atoms with E-state index in [0.717, 1.165) is 12.5 Å². The minimum absolute atomic E-state index is 0.575. The Morgan fingerprint density at radius 2 is 2.00 bits per heavy atom. The van der Waals surface area contributed by atoms with Crippen molar-refractivity contribution in [1.29, 1.82) is 0 Å². The second-order valence-corrected chi connectivity index (χ2v) is 6.34. The summed E-state index contributed by atoms with van der Waals surface area (Å²) in [5.41, 5.74) is 1.42. The largest absolute Gasteiger partial charge is 0.369 e. The van der Waals surface area contributed by atoms with Crippen molar-refractivity contribution in [3.05, 3.63) is 35.9 Å². The molecule has 19 heavy (non-hydrogen) atoms. The van der Waals surface area contributed by atoms with Gasteiger partial charge < -0.3 is 4.74 Å². The molecule has 1 saturated carbocycles. The van der Waals surface area contributed by atoms with Crippen LogP contribution in [0.5, 0.6) is 0 Å². The van der Waals surface area contributed by atoms with Gasteiger partial charge in [-0.3, -0.25) is 4.90 Å². The van der Waals surface area contributed by atoms with Gasteiger partial charge in [0.25, 0.3) is 0 Å². The first kappa shape index (κ1) is 13.1. The molecule has 3 rings (SSSR count). The maximum Gasteiger partial charge on any atom is 0.0882 e. The minimum atomic E-state index is 0.575. The highest BCUT2D eigenvalue weighted by Gasteiger charge is 2.47. The van der Waals surface area contributed by atoms with E-state index in [1.165, 1.54) is 31.4 Å². The smallest absolute Gasteiger partial charge is 0.0882 e. The normalized spacial score (nSPS) is 29.6. The monoisotopic (exact) mass is 259 g/mol. The number of nitrogens with zero attached hydrogens (tertiary/aromatic N) is 1. The molecule has 1 aliphatic carbocycles. The lowest BCUT2D eigenvalue weighted by Gasteiger charge is -2.31. The van der Waals surface area contributed by atoms with Gasteiger partial charge in [-0.1, -0.05) is 36.8 Å². The molecule has 2 aliphatic rings. The summed E-state index contributed by atoms with van der Waals surface area (Å²) in [4.78, 5) is 2.60. The fourth-order valence-electron chi connectivity index (χ4n) is 3.32. The van der Waals surface area contributed by atoms with Gasteiger partial charge in [0.2, 0.25) is 0 Å². The van der Waals surface area contributed by atoms with E-state index in [1.807, 2.05) is 0 Å².